The molecule has 1 saturated carbocycles. The molecular formula is C21H26NO+. The Labute approximate surface area is 138 Å². The third-order valence-electron chi connectivity index (χ3n) is 5.75. The molecule has 1 fully saturated rings. The van der Waals surface area contributed by atoms with Crippen molar-refractivity contribution in [2.24, 2.45) is 11.8 Å². The third kappa shape index (κ3) is 2.45. The predicted octanol–water partition coefficient (Wildman–Crippen LogP) is 4.18. The summed E-state index contributed by atoms with van der Waals surface area (Å²) in [6.45, 7) is 8.67. The molecule has 0 aromatic carbocycles. The number of hydrogen-bond donors (Lipinski definition) is 0. The lowest BCUT2D eigenvalue weighted by Gasteiger charge is -2.20. The fourth-order valence-electron chi connectivity index (χ4n) is 4.44. The molecule has 3 unspecified atom stereocenters. The number of allylic oxidation sites excluding steroid dienone is 2. The van der Waals surface area contributed by atoms with Crippen molar-refractivity contribution in [3.8, 4) is 11.3 Å². The first kappa shape index (κ1) is 14.7. The Morgan fingerprint density at radius 1 is 1.09 bits per heavy atom. The zero-order valence-corrected chi connectivity index (χ0v) is 14.4. The van der Waals surface area contributed by atoms with Crippen LogP contribution in [0.15, 0.2) is 40.8 Å². The lowest BCUT2D eigenvalue weighted by atomic mass is 9.89. The topological polar surface area (TPSA) is 16.1 Å². The second kappa shape index (κ2) is 5.67. The van der Waals surface area contributed by atoms with E-state index in [9.17, 15) is 0 Å². The Hall–Kier alpha value is -1.83. The van der Waals surface area contributed by atoms with E-state index < -0.39 is 0 Å². The van der Waals surface area contributed by atoms with Gasteiger partial charge < -0.3 is 4.42 Å². The molecule has 4 rings (SSSR count). The first-order valence-electron chi connectivity index (χ1n) is 9.00. The number of nitrogens with zero attached hydrogens (tertiary/aromatic N) is 1. The molecule has 3 atom stereocenters. The van der Waals surface area contributed by atoms with Gasteiger partial charge in [0, 0.05) is 17.5 Å². The van der Waals surface area contributed by atoms with Gasteiger partial charge >= 0.3 is 0 Å². The fourth-order valence-corrected chi connectivity index (χ4v) is 4.44. The summed E-state index contributed by atoms with van der Waals surface area (Å²) in [5, 5.41) is 1.26. The summed E-state index contributed by atoms with van der Waals surface area (Å²) in [5.41, 5.74) is 2.57. The maximum atomic E-state index is 6.40. The maximum absolute atomic E-state index is 6.40. The summed E-state index contributed by atoms with van der Waals surface area (Å²) < 4.78 is 8.77. The van der Waals surface area contributed by atoms with Gasteiger partial charge in [-0.05, 0) is 63.1 Å². The van der Waals surface area contributed by atoms with Crippen molar-refractivity contribution in [1.82, 2.24) is 4.58 Å². The highest BCUT2D eigenvalue weighted by atomic mass is 16.3. The molecule has 120 valence electrons. The summed E-state index contributed by atoms with van der Waals surface area (Å²) in [5.74, 6) is 4.26. The largest absolute Gasteiger partial charge is 0.461 e. The minimum Gasteiger partial charge on any atom is -0.461 e. The first-order valence-corrected chi connectivity index (χ1v) is 9.00. The van der Waals surface area contributed by atoms with Gasteiger partial charge in [0.15, 0.2) is 0 Å². The van der Waals surface area contributed by atoms with Gasteiger partial charge in [0.05, 0.1) is 6.07 Å². The minimum absolute atomic E-state index is 0.574. The van der Waals surface area contributed by atoms with E-state index >= 15 is 0 Å². The van der Waals surface area contributed by atoms with Crippen molar-refractivity contribution < 1.29 is 4.42 Å². The van der Waals surface area contributed by atoms with Crippen LogP contribution in [0.4, 0.5) is 0 Å². The second-order valence-corrected chi connectivity index (χ2v) is 7.07. The van der Waals surface area contributed by atoms with Crippen LogP contribution in [-0.2, 0) is 0 Å². The quantitative estimate of drug-likeness (QED) is 0.613. The van der Waals surface area contributed by atoms with E-state index in [1.54, 1.807) is 0 Å². The molecule has 23 heavy (non-hydrogen) atoms. The van der Waals surface area contributed by atoms with Crippen LogP contribution in [0.3, 0.4) is 0 Å². The lowest BCUT2D eigenvalue weighted by Crippen LogP contribution is -2.29. The van der Waals surface area contributed by atoms with Gasteiger partial charge in [-0.3, -0.25) is 0 Å². The van der Waals surface area contributed by atoms with Crippen LogP contribution < -0.4 is 9.93 Å². The van der Waals surface area contributed by atoms with Gasteiger partial charge in [-0.2, -0.15) is 0 Å². The molecule has 4 aliphatic rings. The highest BCUT2D eigenvalue weighted by Crippen LogP contribution is 2.49. The van der Waals surface area contributed by atoms with E-state index in [4.69, 9.17) is 4.42 Å². The van der Waals surface area contributed by atoms with Gasteiger partial charge in [0.25, 0.3) is 0 Å². The van der Waals surface area contributed by atoms with Crippen molar-refractivity contribution in [2.45, 2.75) is 39.5 Å². The SMILES string of the molecule is CC[N+](CC)=c1ccc2c(C)cc(C3CC4C=CC3C4)oc-2c1. The summed E-state index contributed by atoms with van der Waals surface area (Å²) in [4.78, 5) is 0. The van der Waals surface area contributed by atoms with Crippen molar-refractivity contribution >= 4 is 0 Å². The number of fused-ring (bicyclic) bond motifs is 3. The van der Waals surface area contributed by atoms with E-state index in [2.05, 4.69) is 61.8 Å². The van der Waals surface area contributed by atoms with Gasteiger partial charge in [0.1, 0.15) is 24.6 Å². The molecule has 2 nitrogen and oxygen atoms in total. The second-order valence-electron chi connectivity index (χ2n) is 7.07. The van der Waals surface area contributed by atoms with E-state index in [0.29, 0.717) is 11.8 Å². The van der Waals surface area contributed by atoms with E-state index in [0.717, 1.165) is 24.8 Å². The number of aryl methyl sites for hydroxylation is 1. The standard InChI is InChI=1S/C21H26NO/c1-4-22(5-2)17-8-9-18-14(3)10-20(23-21(18)13-17)19-12-15-6-7-16(19)11-15/h6-10,13,15-16,19H,4-5,11-12H2,1-3H3/q+1. The number of benzene rings is 1. The van der Waals surface area contributed by atoms with Crippen LogP contribution in [0.5, 0.6) is 0 Å². The van der Waals surface area contributed by atoms with E-state index in [1.165, 1.54) is 35.1 Å². The Bertz CT molecular complexity index is 792. The lowest BCUT2D eigenvalue weighted by molar-refractivity contribution is 0.422. The summed E-state index contributed by atoms with van der Waals surface area (Å²) in [6, 6.07) is 8.94. The molecule has 1 aliphatic heterocycles. The highest BCUT2D eigenvalue weighted by Gasteiger charge is 2.38. The smallest absolute Gasteiger partial charge is 0.203 e. The van der Waals surface area contributed by atoms with Gasteiger partial charge in [0.2, 0.25) is 5.36 Å². The van der Waals surface area contributed by atoms with Crippen molar-refractivity contribution in [3.63, 3.8) is 0 Å². The average Bonchev–Trinajstić information content (AvgIpc) is 3.19. The Kier molecular flexibility index (Phi) is 3.63. The predicted molar refractivity (Wildman–Crippen MR) is 94.5 cm³/mol. The normalized spacial score (nSPS) is 25.4. The molecule has 1 heterocycles. The Morgan fingerprint density at radius 3 is 2.57 bits per heavy atom. The highest BCUT2D eigenvalue weighted by molar-refractivity contribution is 5.63. The zero-order valence-electron chi connectivity index (χ0n) is 14.4. The molecule has 0 saturated heterocycles. The van der Waals surface area contributed by atoms with Gasteiger partial charge in [-0.1, -0.05) is 12.2 Å². The van der Waals surface area contributed by atoms with Crippen molar-refractivity contribution in [3.05, 3.63) is 53.1 Å². The van der Waals surface area contributed by atoms with E-state index in [-0.39, 0.29) is 0 Å². The average molecular weight is 308 g/mol. The molecule has 0 aromatic heterocycles. The van der Waals surface area contributed by atoms with Crippen molar-refractivity contribution in [2.75, 3.05) is 13.1 Å². The fraction of sp³-hybridized carbons (Fsp3) is 0.476. The minimum atomic E-state index is 0.574. The van der Waals surface area contributed by atoms with Crippen LogP contribution in [0.1, 0.15) is 43.9 Å². The molecule has 0 N–H and O–H groups in total. The maximum Gasteiger partial charge on any atom is 0.203 e. The summed E-state index contributed by atoms with van der Waals surface area (Å²) >= 11 is 0. The van der Waals surface area contributed by atoms with Crippen LogP contribution >= 0.6 is 0 Å². The summed E-state index contributed by atoms with van der Waals surface area (Å²) in [7, 11) is 0. The summed E-state index contributed by atoms with van der Waals surface area (Å²) in [6.07, 6.45) is 7.37. The Morgan fingerprint density at radius 2 is 1.91 bits per heavy atom. The Balaban J connectivity index is 1.84. The molecule has 2 bridgehead atoms. The zero-order chi connectivity index (χ0) is 16.0. The monoisotopic (exact) mass is 308 g/mol. The molecule has 3 aliphatic carbocycles. The first-order chi connectivity index (χ1) is 11.2. The molecule has 0 spiro atoms. The van der Waals surface area contributed by atoms with E-state index in [1.807, 2.05) is 0 Å². The van der Waals surface area contributed by atoms with Gasteiger partial charge in [-0.15, -0.1) is 0 Å². The van der Waals surface area contributed by atoms with Crippen molar-refractivity contribution in [1.29, 1.82) is 0 Å². The van der Waals surface area contributed by atoms with Crippen LogP contribution in [0.25, 0.3) is 11.3 Å². The molecule has 0 amide bonds. The van der Waals surface area contributed by atoms with Crippen LogP contribution in [0.2, 0.25) is 0 Å². The molecule has 2 heteroatoms. The van der Waals surface area contributed by atoms with Gasteiger partial charge in [-0.25, -0.2) is 4.58 Å². The van der Waals surface area contributed by atoms with Crippen LogP contribution in [0, 0.1) is 18.8 Å². The molecular weight excluding hydrogens is 282 g/mol. The third-order valence-corrected chi connectivity index (χ3v) is 5.75. The number of hydrogen-bond acceptors (Lipinski definition) is 1. The number of rotatable bonds is 3. The molecule has 0 aromatic rings. The molecule has 0 radical (unpaired) electrons. The van der Waals surface area contributed by atoms with Crippen LogP contribution in [-0.4, -0.2) is 13.1 Å².